The van der Waals surface area contributed by atoms with Crippen LogP contribution in [-0.4, -0.2) is 30.9 Å². The van der Waals surface area contributed by atoms with Gasteiger partial charge in [0.15, 0.2) is 0 Å². The fourth-order valence-corrected chi connectivity index (χ4v) is 1.74. The van der Waals surface area contributed by atoms with Crippen LogP contribution in [0.5, 0.6) is 0 Å². The van der Waals surface area contributed by atoms with Gasteiger partial charge in [0, 0.05) is 13.1 Å². The summed E-state index contributed by atoms with van der Waals surface area (Å²) in [6.45, 7) is 6.16. The quantitative estimate of drug-likeness (QED) is 0.740. The number of hydrogen-bond acceptors (Lipinski definition) is 3. The minimum atomic E-state index is -0.680. The molecule has 1 atom stereocenters. The second kappa shape index (κ2) is 7.47. The molecule has 0 heterocycles. The van der Waals surface area contributed by atoms with Crippen LogP contribution in [-0.2, 0) is 4.79 Å². The molecule has 0 spiro atoms. The maximum atomic E-state index is 13.7. The third-order valence-electron chi connectivity index (χ3n) is 2.70. The first-order valence-corrected chi connectivity index (χ1v) is 6.62. The van der Waals surface area contributed by atoms with E-state index < -0.39 is 17.8 Å². The van der Waals surface area contributed by atoms with E-state index in [9.17, 15) is 14.0 Å². The molecular formula is C14H20FN3O2. The summed E-state index contributed by atoms with van der Waals surface area (Å²) in [6, 6.07) is 3.57. The summed E-state index contributed by atoms with van der Waals surface area (Å²) in [5.74, 6) is -1.26. The third kappa shape index (κ3) is 3.94. The Kier molecular flexibility index (Phi) is 5.96. The molecule has 3 N–H and O–H groups in total. The van der Waals surface area contributed by atoms with E-state index in [2.05, 4.69) is 16.0 Å². The lowest BCUT2D eigenvalue weighted by molar-refractivity contribution is -0.122. The summed E-state index contributed by atoms with van der Waals surface area (Å²) in [6.07, 6.45) is 0. The number of carbonyl (C=O) groups is 2. The van der Waals surface area contributed by atoms with Gasteiger partial charge in [-0.15, -0.1) is 0 Å². The Morgan fingerprint density at radius 2 is 1.95 bits per heavy atom. The lowest BCUT2D eigenvalue weighted by Gasteiger charge is -2.16. The summed E-state index contributed by atoms with van der Waals surface area (Å²) in [7, 11) is 0. The van der Waals surface area contributed by atoms with E-state index in [1.807, 2.05) is 6.92 Å². The van der Waals surface area contributed by atoms with Gasteiger partial charge >= 0.3 is 0 Å². The smallest absolute Gasteiger partial charge is 0.254 e. The molecule has 0 bridgehead atoms. The van der Waals surface area contributed by atoms with Crippen molar-refractivity contribution in [3.8, 4) is 0 Å². The average Bonchev–Trinajstić information content (AvgIpc) is 2.41. The Labute approximate surface area is 117 Å². The van der Waals surface area contributed by atoms with Crippen LogP contribution in [0.25, 0.3) is 0 Å². The van der Waals surface area contributed by atoms with Crippen LogP contribution in [0.1, 0.15) is 31.1 Å². The fraction of sp³-hybridized carbons (Fsp3) is 0.429. The van der Waals surface area contributed by atoms with Gasteiger partial charge < -0.3 is 16.0 Å². The van der Waals surface area contributed by atoms with Gasteiger partial charge in [-0.2, -0.15) is 0 Å². The van der Waals surface area contributed by atoms with E-state index in [4.69, 9.17) is 0 Å². The molecule has 0 aliphatic heterocycles. The highest BCUT2D eigenvalue weighted by Crippen LogP contribution is 2.19. The Morgan fingerprint density at radius 1 is 1.25 bits per heavy atom. The van der Waals surface area contributed by atoms with E-state index in [1.165, 1.54) is 18.2 Å². The lowest BCUT2D eigenvalue weighted by atomic mass is 10.1. The van der Waals surface area contributed by atoms with Crippen molar-refractivity contribution in [1.82, 2.24) is 10.6 Å². The summed E-state index contributed by atoms with van der Waals surface area (Å²) in [5, 5.41) is 7.98. The average molecular weight is 281 g/mol. The van der Waals surface area contributed by atoms with Crippen LogP contribution < -0.4 is 16.0 Å². The van der Waals surface area contributed by atoms with Gasteiger partial charge in [0.25, 0.3) is 5.91 Å². The Bertz CT molecular complexity index is 491. The van der Waals surface area contributed by atoms with Crippen molar-refractivity contribution in [3.05, 3.63) is 29.6 Å². The molecule has 6 heteroatoms. The van der Waals surface area contributed by atoms with Crippen molar-refractivity contribution >= 4 is 17.5 Å². The van der Waals surface area contributed by atoms with Gasteiger partial charge in [0.2, 0.25) is 5.91 Å². The molecule has 20 heavy (non-hydrogen) atoms. The number of amides is 2. The summed E-state index contributed by atoms with van der Waals surface area (Å²) < 4.78 is 13.7. The highest BCUT2D eigenvalue weighted by atomic mass is 19.1. The maximum absolute atomic E-state index is 13.7. The summed E-state index contributed by atoms with van der Waals surface area (Å²) in [5.41, 5.74) is 0.332. The molecule has 1 rings (SSSR count). The second-order valence-corrected chi connectivity index (χ2v) is 4.28. The van der Waals surface area contributed by atoms with Gasteiger partial charge in [0.1, 0.15) is 11.9 Å². The number of likely N-dealkylation sites (N-methyl/N-ethyl adjacent to an activating group) is 1. The van der Waals surface area contributed by atoms with Crippen LogP contribution in [0.15, 0.2) is 18.2 Å². The van der Waals surface area contributed by atoms with Crippen molar-refractivity contribution in [3.63, 3.8) is 0 Å². The van der Waals surface area contributed by atoms with E-state index in [-0.39, 0.29) is 17.2 Å². The normalized spacial score (nSPS) is 11.6. The molecule has 0 aliphatic carbocycles. The molecule has 1 aromatic carbocycles. The fourth-order valence-electron chi connectivity index (χ4n) is 1.74. The number of benzene rings is 1. The Hall–Kier alpha value is -2.11. The maximum Gasteiger partial charge on any atom is 0.254 e. The molecule has 5 nitrogen and oxygen atoms in total. The van der Waals surface area contributed by atoms with E-state index in [0.29, 0.717) is 13.1 Å². The zero-order valence-electron chi connectivity index (χ0n) is 11.9. The minimum Gasteiger partial charge on any atom is -0.382 e. The SMILES string of the molecule is CCNC(=O)C(C)NC(=O)c1cccc(F)c1NCC. The van der Waals surface area contributed by atoms with Gasteiger partial charge in [0.05, 0.1) is 11.3 Å². The number of anilines is 1. The molecule has 0 aromatic heterocycles. The van der Waals surface area contributed by atoms with Crippen molar-refractivity contribution < 1.29 is 14.0 Å². The monoisotopic (exact) mass is 281 g/mol. The van der Waals surface area contributed by atoms with Crippen LogP contribution in [0.4, 0.5) is 10.1 Å². The van der Waals surface area contributed by atoms with Crippen molar-refractivity contribution in [2.24, 2.45) is 0 Å². The molecule has 0 saturated heterocycles. The van der Waals surface area contributed by atoms with E-state index in [1.54, 1.807) is 13.8 Å². The molecule has 1 unspecified atom stereocenters. The van der Waals surface area contributed by atoms with E-state index in [0.717, 1.165) is 0 Å². The predicted octanol–water partition coefficient (Wildman–Crippen LogP) is 1.51. The highest BCUT2D eigenvalue weighted by molar-refractivity contribution is 6.01. The number of para-hydroxylation sites is 1. The third-order valence-corrected chi connectivity index (χ3v) is 2.70. The minimum absolute atomic E-state index is 0.149. The summed E-state index contributed by atoms with van der Waals surface area (Å²) >= 11 is 0. The van der Waals surface area contributed by atoms with Gasteiger partial charge in [-0.05, 0) is 32.9 Å². The standard InChI is InChI=1S/C14H20FN3O2/c1-4-16-12-10(7-6-8-11(12)15)14(20)18-9(3)13(19)17-5-2/h6-9,16H,4-5H2,1-3H3,(H,17,19)(H,18,20). The number of carbonyl (C=O) groups excluding carboxylic acids is 2. The molecule has 0 aliphatic rings. The van der Waals surface area contributed by atoms with Gasteiger partial charge in [-0.1, -0.05) is 6.07 Å². The summed E-state index contributed by atoms with van der Waals surface area (Å²) in [4.78, 5) is 23.7. The Balaban J connectivity index is 2.87. The first kappa shape index (κ1) is 15.9. The number of hydrogen-bond donors (Lipinski definition) is 3. The molecule has 0 radical (unpaired) electrons. The Morgan fingerprint density at radius 3 is 2.55 bits per heavy atom. The zero-order valence-corrected chi connectivity index (χ0v) is 11.9. The largest absolute Gasteiger partial charge is 0.382 e. The second-order valence-electron chi connectivity index (χ2n) is 4.28. The molecule has 1 aromatic rings. The van der Waals surface area contributed by atoms with Gasteiger partial charge in [-0.3, -0.25) is 9.59 Å². The van der Waals surface area contributed by atoms with Crippen molar-refractivity contribution in [2.75, 3.05) is 18.4 Å². The van der Waals surface area contributed by atoms with E-state index >= 15 is 0 Å². The molecule has 2 amide bonds. The highest BCUT2D eigenvalue weighted by Gasteiger charge is 2.19. The molecule has 0 fully saturated rings. The van der Waals surface area contributed by atoms with Crippen molar-refractivity contribution in [1.29, 1.82) is 0 Å². The van der Waals surface area contributed by atoms with Crippen LogP contribution in [0.2, 0.25) is 0 Å². The molecular weight excluding hydrogens is 261 g/mol. The van der Waals surface area contributed by atoms with Crippen LogP contribution in [0.3, 0.4) is 0 Å². The lowest BCUT2D eigenvalue weighted by Crippen LogP contribution is -2.44. The van der Waals surface area contributed by atoms with Crippen molar-refractivity contribution in [2.45, 2.75) is 26.8 Å². The predicted molar refractivity (Wildman–Crippen MR) is 76.2 cm³/mol. The van der Waals surface area contributed by atoms with Crippen LogP contribution >= 0.6 is 0 Å². The first-order chi connectivity index (χ1) is 9.51. The number of rotatable bonds is 6. The van der Waals surface area contributed by atoms with Crippen LogP contribution in [0, 0.1) is 5.82 Å². The zero-order chi connectivity index (χ0) is 15.1. The van der Waals surface area contributed by atoms with Gasteiger partial charge in [-0.25, -0.2) is 4.39 Å². The number of nitrogens with one attached hydrogen (secondary N) is 3. The molecule has 0 saturated carbocycles. The topological polar surface area (TPSA) is 70.2 Å². The first-order valence-electron chi connectivity index (χ1n) is 6.62. The number of halogens is 1. The molecule has 110 valence electrons.